The zero-order chi connectivity index (χ0) is 19.6. The first kappa shape index (κ1) is 19.1. The normalized spacial score (nSPS) is 21.1. The first-order chi connectivity index (χ1) is 14.3. The molecule has 5 rings (SSSR count). The van der Waals surface area contributed by atoms with E-state index in [4.69, 9.17) is 31.3 Å². The van der Waals surface area contributed by atoms with E-state index in [0.717, 1.165) is 50.9 Å². The summed E-state index contributed by atoms with van der Waals surface area (Å²) in [6.07, 6.45) is 7.35. The van der Waals surface area contributed by atoms with Crippen LogP contribution in [0.3, 0.4) is 0 Å². The molecule has 0 spiro atoms. The van der Waals surface area contributed by atoms with Crippen molar-refractivity contribution < 1.29 is 4.74 Å². The number of halogens is 1. The van der Waals surface area contributed by atoms with Crippen LogP contribution in [-0.2, 0) is 4.74 Å². The summed E-state index contributed by atoms with van der Waals surface area (Å²) >= 11 is 6.59. The van der Waals surface area contributed by atoms with Crippen molar-refractivity contribution >= 4 is 40.3 Å². The molecule has 0 aliphatic carbocycles. The minimum atomic E-state index is 0.382. The van der Waals surface area contributed by atoms with Gasteiger partial charge in [0.05, 0.1) is 13.2 Å². The number of nitrogens with zero attached hydrogens (tertiary/aromatic N) is 7. The van der Waals surface area contributed by atoms with Crippen molar-refractivity contribution in [2.75, 3.05) is 67.2 Å². The fourth-order valence-electron chi connectivity index (χ4n) is 4.43. The summed E-state index contributed by atoms with van der Waals surface area (Å²) in [4.78, 5) is 26.2. The predicted octanol–water partition coefficient (Wildman–Crippen LogP) is 2.89. The molecule has 0 atom stereocenters. The topological polar surface area (TPSA) is 70.5 Å². The summed E-state index contributed by atoms with van der Waals surface area (Å²) in [6, 6.07) is 0. The summed E-state index contributed by atoms with van der Waals surface area (Å²) in [7, 11) is 0. The number of fused-ring (bicyclic) bond motifs is 1. The number of hydrogen-bond donors (Lipinski definition) is 0. The van der Waals surface area contributed by atoms with E-state index in [1.807, 2.05) is 0 Å². The second kappa shape index (κ2) is 8.44. The molecule has 0 amide bonds. The molecule has 9 heteroatoms. The van der Waals surface area contributed by atoms with Crippen molar-refractivity contribution in [2.24, 2.45) is 0 Å². The average molecular weight is 418 g/mol. The second-order valence-electron chi connectivity index (χ2n) is 8.05. The molecular formula is C20H28ClN7O. The molecule has 0 radical (unpaired) electrons. The Kier molecular flexibility index (Phi) is 5.54. The zero-order valence-corrected chi connectivity index (χ0v) is 17.6. The summed E-state index contributed by atoms with van der Waals surface area (Å²) in [6.45, 7) is 6.97. The van der Waals surface area contributed by atoms with Gasteiger partial charge in [-0.2, -0.15) is 9.97 Å². The zero-order valence-electron chi connectivity index (χ0n) is 16.8. The van der Waals surface area contributed by atoms with Crippen LogP contribution in [0.2, 0.25) is 5.15 Å². The molecule has 3 saturated heterocycles. The molecule has 0 saturated carbocycles. The summed E-state index contributed by atoms with van der Waals surface area (Å²) < 4.78 is 5.45. The molecule has 156 valence electrons. The lowest BCUT2D eigenvalue weighted by Crippen LogP contribution is -2.37. The van der Waals surface area contributed by atoms with Gasteiger partial charge in [0.25, 0.3) is 0 Å². The molecule has 0 aromatic carbocycles. The van der Waals surface area contributed by atoms with Crippen LogP contribution in [0.25, 0.3) is 11.2 Å². The van der Waals surface area contributed by atoms with E-state index >= 15 is 0 Å². The van der Waals surface area contributed by atoms with E-state index in [2.05, 4.69) is 19.7 Å². The van der Waals surface area contributed by atoms with Gasteiger partial charge in [-0.15, -0.1) is 0 Å². The fraction of sp³-hybridized carbons (Fsp3) is 0.700. The van der Waals surface area contributed by atoms with E-state index < -0.39 is 0 Å². The highest BCUT2D eigenvalue weighted by Crippen LogP contribution is 2.33. The highest BCUT2D eigenvalue weighted by molar-refractivity contribution is 6.33. The van der Waals surface area contributed by atoms with E-state index in [-0.39, 0.29) is 0 Å². The van der Waals surface area contributed by atoms with Crippen LogP contribution < -0.4 is 14.7 Å². The van der Waals surface area contributed by atoms with Gasteiger partial charge in [-0.3, -0.25) is 0 Å². The molecular weight excluding hydrogens is 390 g/mol. The lowest BCUT2D eigenvalue weighted by atomic mass is 10.1. The Hall–Kier alpha value is -1.93. The van der Waals surface area contributed by atoms with Crippen molar-refractivity contribution in [3.8, 4) is 0 Å². The number of ether oxygens (including phenoxy) is 1. The maximum atomic E-state index is 6.59. The highest BCUT2D eigenvalue weighted by atomic mass is 35.5. The molecule has 3 aliphatic heterocycles. The van der Waals surface area contributed by atoms with E-state index in [0.29, 0.717) is 35.5 Å². The highest BCUT2D eigenvalue weighted by Gasteiger charge is 2.25. The predicted molar refractivity (Wildman–Crippen MR) is 115 cm³/mol. The van der Waals surface area contributed by atoms with Crippen molar-refractivity contribution in [3.05, 3.63) is 5.15 Å². The Morgan fingerprint density at radius 3 is 1.83 bits per heavy atom. The van der Waals surface area contributed by atoms with Crippen LogP contribution in [0.15, 0.2) is 0 Å². The largest absolute Gasteiger partial charge is 0.378 e. The number of morpholine rings is 1. The van der Waals surface area contributed by atoms with Gasteiger partial charge < -0.3 is 19.4 Å². The monoisotopic (exact) mass is 417 g/mol. The molecule has 29 heavy (non-hydrogen) atoms. The maximum absolute atomic E-state index is 6.59. The van der Waals surface area contributed by atoms with Gasteiger partial charge >= 0.3 is 0 Å². The van der Waals surface area contributed by atoms with Crippen LogP contribution in [0.4, 0.5) is 17.6 Å². The number of piperidine rings is 2. The molecule has 0 bridgehead atoms. The second-order valence-corrected chi connectivity index (χ2v) is 8.41. The van der Waals surface area contributed by atoms with E-state index in [1.54, 1.807) is 0 Å². The van der Waals surface area contributed by atoms with Gasteiger partial charge in [0.1, 0.15) is 5.52 Å². The van der Waals surface area contributed by atoms with Crippen LogP contribution in [0.5, 0.6) is 0 Å². The number of aromatic nitrogens is 4. The van der Waals surface area contributed by atoms with Crippen LogP contribution >= 0.6 is 11.6 Å². The van der Waals surface area contributed by atoms with Gasteiger partial charge in [0.2, 0.25) is 5.95 Å². The van der Waals surface area contributed by atoms with Crippen molar-refractivity contribution in [3.63, 3.8) is 0 Å². The number of hydrogen-bond acceptors (Lipinski definition) is 8. The van der Waals surface area contributed by atoms with Crippen molar-refractivity contribution in [2.45, 2.75) is 38.5 Å². The first-order valence-corrected chi connectivity index (χ1v) is 11.3. The fourth-order valence-corrected chi connectivity index (χ4v) is 4.63. The first-order valence-electron chi connectivity index (χ1n) is 10.9. The quantitative estimate of drug-likeness (QED) is 0.706. The molecule has 0 N–H and O–H groups in total. The molecule has 2 aromatic heterocycles. The Morgan fingerprint density at radius 2 is 1.21 bits per heavy atom. The molecule has 8 nitrogen and oxygen atoms in total. The molecule has 2 aromatic rings. The Bertz CT molecular complexity index is 862. The van der Waals surface area contributed by atoms with Gasteiger partial charge in [-0.05, 0) is 38.5 Å². The molecule has 5 heterocycles. The Morgan fingerprint density at radius 1 is 0.621 bits per heavy atom. The average Bonchev–Trinajstić information content (AvgIpc) is 2.80. The molecule has 3 aliphatic rings. The van der Waals surface area contributed by atoms with Gasteiger partial charge in [-0.1, -0.05) is 11.6 Å². The molecule has 0 unspecified atom stereocenters. The lowest BCUT2D eigenvalue weighted by Gasteiger charge is -2.34. The summed E-state index contributed by atoms with van der Waals surface area (Å²) in [5, 5.41) is 0.382. The lowest BCUT2D eigenvalue weighted by molar-refractivity contribution is 0.122. The van der Waals surface area contributed by atoms with E-state index in [1.165, 1.54) is 38.5 Å². The number of rotatable bonds is 3. The third kappa shape index (κ3) is 3.92. The van der Waals surface area contributed by atoms with Crippen LogP contribution in [0, 0.1) is 0 Å². The van der Waals surface area contributed by atoms with Gasteiger partial charge in [-0.25, -0.2) is 9.97 Å². The molecule has 3 fully saturated rings. The summed E-state index contributed by atoms with van der Waals surface area (Å²) in [5.41, 5.74) is 1.19. The van der Waals surface area contributed by atoms with E-state index in [9.17, 15) is 0 Å². The van der Waals surface area contributed by atoms with Crippen LogP contribution in [0.1, 0.15) is 38.5 Å². The maximum Gasteiger partial charge on any atom is 0.229 e. The standard InChI is InChI=1S/C20H28ClN7O/c21-16-15-17(25-20(23-16)28-11-13-29-14-12-28)24-19(27-9-5-2-6-10-27)18(22-15)26-7-3-1-4-8-26/h1-14H2. The van der Waals surface area contributed by atoms with Gasteiger partial charge in [0, 0.05) is 39.3 Å². The minimum absolute atomic E-state index is 0.382. The van der Waals surface area contributed by atoms with Crippen molar-refractivity contribution in [1.82, 2.24) is 19.9 Å². The SMILES string of the molecule is Clc1nc(N2CCOCC2)nc2nc(N3CCCCC3)c(N3CCCCC3)nc12. The van der Waals surface area contributed by atoms with Crippen molar-refractivity contribution in [1.29, 1.82) is 0 Å². The summed E-state index contributed by atoms with van der Waals surface area (Å²) in [5.74, 6) is 2.53. The number of anilines is 3. The third-order valence-electron chi connectivity index (χ3n) is 6.05. The Labute approximate surface area is 176 Å². The Balaban J connectivity index is 1.59. The minimum Gasteiger partial charge on any atom is -0.378 e. The van der Waals surface area contributed by atoms with Crippen LogP contribution in [-0.4, -0.2) is 72.4 Å². The third-order valence-corrected chi connectivity index (χ3v) is 6.31. The van der Waals surface area contributed by atoms with Gasteiger partial charge in [0.15, 0.2) is 22.4 Å². The smallest absolute Gasteiger partial charge is 0.229 e.